The van der Waals surface area contributed by atoms with Crippen LogP contribution in [0.2, 0.25) is 0 Å². The summed E-state index contributed by atoms with van der Waals surface area (Å²) in [6, 6.07) is 11.4. The molecule has 0 spiro atoms. The van der Waals surface area contributed by atoms with Crippen LogP contribution >= 0.6 is 11.3 Å². The van der Waals surface area contributed by atoms with Gasteiger partial charge in [0.2, 0.25) is 5.89 Å². The van der Waals surface area contributed by atoms with Gasteiger partial charge in [-0.1, -0.05) is 29.4 Å². The molecule has 0 fully saturated rings. The fourth-order valence-electron chi connectivity index (χ4n) is 1.93. The molecule has 2 aromatic heterocycles. The van der Waals surface area contributed by atoms with Crippen LogP contribution in [0.25, 0.3) is 0 Å². The van der Waals surface area contributed by atoms with Gasteiger partial charge < -0.3 is 4.42 Å². The van der Waals surface area contributed by atoms with Gasteiger partial charge in [-0.3, -0.25) is 10.1 Å². The van der Waals surface area contributed by atoms with Crippen molar-refractivity contribution in [3.8, 4) is 0 Å². The lowest BCUT2D eigenvalue weighted by Crippen LogP contribution is -2.13. The van der Waals surface area contributed by atoms with Crippen LogP contribution in [0.4, 0.5) is 6.01 Å². The Hall–Kier alpha value is -2.47. The molecule has 0 aliphatic rings. The predicted octanol–water partition coefficient (Wildman–Crippen LogP) is 3.28. The van der Waals surface area contributed by atoms with Crippen LogP contribution in [-0.4, -0.2) is 16.1 Å². The number of benzene rings is 1. The summed E-state index contributed by atoms with van der Waals surface area (Å²) in [4.78, 5) is 13.3. The van der Waals surface area contributed by atoms with Crippen LogP contribution in [0.1, 0.15) is 26.7 Å². The van der Waals surface area contributed by atoms with Gasteiger partial charge in [-0.25, -0.2) is 0 Å². The molecule has 0 aliphatic heterocycles. The van der Waals surface area contributed by atoms with Crippen molar-refractivity contribution in [2.75, 3.05) is 5.32 Å². The van der Waals surface area contributed by atoms with Crippen LogP contribution in [0.3, 0.4) is 0 Å². The SMILES string of the molecule is Cc1ccccc1C(=O)Nc1nnc(Cc2cccs2)o1. The van der Waals surface area contributed by atoms with E-state index in [0.717, 1.165) is 10.4 Å². The van der Waals surface area contributed by atoms with E-state index in [1.54, 1.807) is 17.4 Å². The van der Waals surface area contributed by atoms with Gasteiger partial charge in [0.1, 0.15) is 0 Å². The van der Waals surface area contributed by atoms with Crippen molar-refractivity contribution in [1.29, 1.82) is 0 Å². The van der Waals surface area contributed by atoms with Gasteiger partial charge in [-0.05, 0) is 30.0 Å². The molecule has 0 unspecified atom stereocenters. The van der Waals surface area contributed by atoms with Crippen LogP contribution in [0.15, 0.2) is 46.2 Å². The Labute approximate surface area is 125 Å². The number of carbonyl (C=O) groups is 1. The summed E-state index contributed by atoms with van der Waals surface area (Å²) in [5.74, 6) is 0.233. The predicted molar refractivity (Wildman–Crippen MR) is 80.6 cm³/mol. The zero-order valence-electron chi connectivity index (χ0n) is 11.4. The molecule has 0 bridgehead atoms. The van der Waals surface area contributed by atoms with Crippen molar-refractivity contribution in [2.45, 2.75) is 13.3 Å². The van der Waals surface area contributed by atoms with E-state index in [-0.39, 0.29) is 11.9 Å². The highest BCUT2D eigenvalue weighted by atomic mass is 32.1. The Morgan fingerprint density at radius 1 is 1.24 bits per heavy atom. The normalized spacial score (nSPS) is 10.5. The highest BCUT2D eigenvalue weighted by Gasteiger charge is 2.13. The number of aromatic nitrogens is 2. The monoisotopic (exact) mass is 299 g/mol. The number of amides is 1. The first-order valence-corrected chi connectivity index (χ1v) is 7.32. The third-order valence-electron chi connectivity index (χ3n) is 2.98. The molecule has 3 aromatic rings. The van der Waals surface area contributed by atoms with Crippen molar-refractivity contribution < 1.29 is 9.21 Å². The van der Waals surface area contributed by atoms with E-state index in [1.807, 2.05) is 42.6 Å². The van der Waals surface area contributed by atoms with E-state index in [2.05, 4.69) is 15.5 Å². The summed E-state index contributed by atoms with van der Waals surface area (Å²) in [7, 11) is 0. The molecule has 2 heterocycles. The Kier molecular flexibility index (Phi) is 3.79. The van der Waals surface area contributed by atoms with Crippen molar-refractivity contribution >= 4 is 23.3 Å². The van der Waals surface area contributed by atoms with Crippen LogP contribution < -0.4 is 5.32 Å². The first-order chi connectivity index (χ1) is 10.2. The zero-order chi connectivity index (χ0) is 14.7. The topological polar surface area (TPSA) is 68.0 Å². The molecule has 106 valence electrons. The van der Waals surface area contributed by atoms with E-state index in [4.69, 9.17) is 4.42 Å². The van der Waals surface area contributed by atoms with Gasteiger partial charge in [-0.15, -0.1) is 16.4 Å². The van der Waals surface area contributed by atoms with E-state index in [0.29, 0.717) is 17.9 Å². The highest BCUT2D eigenvalue weighted by molar-refractivity contribution is 7.09. The number of anilines is 1. The molecule has 0 atom stereocenters. The van der Waals surface area contributed by atoms with Gasteiger partial charge in [-0.2, -0.15) is 0 Å². The van der Waals surface area contributed by atoms with Crippen molar-refractivity contribution in [2.24, 2.45) is 0 Å². The summed E-state index contributed by atoms with van der Waals surface area (Å²) in [5, 5.41) is 12.4. The number of hydrogen-bond donors (Lipinski definition) is 1. The maximum atomic E-state index is 12.1. The molecule has 0 saturated heterocycles. The Balaban J connectivity index is 1.70. The van der Waals surface area contributed by atoms with E-state index in [1.165, 1.54) is 0 Å². The molecule has 6 heteroatoms. The molecule has 0 saturated carbocycles. The lowest BCUT2D eigenvalue weighted by molar-refractivity contribution is 0.102. The van der Waals surface area contributed by atoms with E-state index < -0.39 is 0 Å². The minimum absolute atomic E-state index is 0.120. The van der Waals surface area contributed by atoms with E-state index in [9.17, 15) is 4.79 Å². The summed E-state index contributed by atoms with van der Waals surface area (Å²) >= 11 is 1.62. The maximum Gasteiger partial charge on any atom is 0.322 e. The van der Waals surface area contributed by atoms with Gasteiger partial charge in [0.15, 0.2) is 0 Å². The molecule has 1 aromatic carbocycles. The molecule has 0 aliphatic carbocycles. The number of nitrogens with one attached hydrogen (secondary N) is 1. The van der Waals surface area contributed by atoms with E-state index >= 15 is 0 Å². The summed E-state index contributed by atoms with van der Waals surface area (Å²) < 4.78 is 5.44. The number of nitrogens with zero attached hydrogens (tertiary/aromatic N) is 2. The van der Waals surface area contributed by atoms with Crippen molar-refractivity contribution in [3.05, 3.63) is 63.7 Å². The summed E-state index contributed by atoms with van der Waals surface area (Å²) in [6.45, 7) is 1.88. The fraction of sp³-hybridized carbons (Fsp3) is 0.133. The third kappa shape index (κ3) is 3.17. The Morgan fingerprint density at radius 3 is 2.86 bits per heavy atom. The highest BCUT2D eigenvalue weighted by Crippen LogP contribution is 2.16. The molecule has 0 radical (unpaired) electrons. The van der Waals surface area contributed by atoms with Gasteiger partial charge in [0.05, 0.1) is 6.42 Å². The number of aryl methyl sites for hydroxylation is 1. The lowest BCUT2D eigenvalue weighted by Gasteiger charge is -2.03. The summed E-state index contributed by atoms with van der Waals surface area (Å²) in [6.07, 6.45) is 0.574. The number of hydrogen-bond acceptors (Lipinski definition) is 5. The number of thiophene rings is 1. The van der Waals surface area contributed by atoms with Crippen LogP contribution in [-0.2, 0) is 6.42 Å². The molecule has 1 amide bonds. The third-order valence-corrected chi connectivity index (χ3v) is 3.86. The maximum absolute atomic E-state index is 12.1. The molecular formula is C15H13N3O2S. The minimum atomic E-state index is -0.251. The van der Waals surface area contributed by atoms with Crippen LogP contribution in [0.5, 0.6) is 0 Å². The second kappa shape index (κ2) is 5.88. The minimum Gasteiger partial charge on any atom is -0.407 e. The second-order valence-electron chi connectivity index (χ2n) is 4.53. The lowest BCUT2D eigenvalue weighted by atomic mass is 10.1. The Morgan fingerprint density at radius 2 is 2.10 bits per heavy atom. The smallest absolute Gasteiger partial charge is 0.322 e. The zero-order valence-corrected chi connectivity index (χ0v) is 12.2. The van der Waals surface area contributed by atoms with Gasteiger partial charge in [0, 0.05) is 10.4 Å². The quantitative estimate of drug-likeness (QED) is 0.802. The van der Waals surface area contributed by atoms with Crippen molar-refractivity contribution in [3.63, 3.8) is 0 Å². The first-order valence-electron chi connectivity index (χ1n) is 6.44. The van der Waals surface area contributed by atoms with Crippen LogP contribution in [0, 0.1) is 6.92 Å². The molecule has 1 N–H and O–H groups in total. The summed E-state index contributed by atoms with van der Waals surface area (Å²) in [5.41, 5.74) is 1.49. The molecule has 5 nitrogen and oxygen atoms in total. The largest absolute Gasteiger partial charge is 0.407 e. The fourth-order valence-corrected chi connectivity index (χ4v) is 2.63. The molecule has 3 rings (SSSR count). The second-order valence-corrected chi connectivity index (χ2v) is 5.56. The Bertz CT molecular complexity index is 750. The number of carbonyl (C=O) groups excluding carboxylic acids is 1. The molecular weight excluding hydrogens is 286 g/mol. The first kappa shape index (κ1) is 13.5. The van der Waals surface area contributed by atoms with Crippen molar-refractivity contribution in [1.82, 2.24) is 10.2 Å². The average Bonchev–Trinajstić information content (AvgIpc) is 3.12. The van der Waals surface area contributed by atoms with Gasteiger partial charge in [0.25, 0.3) is 5.91 Å². The number of rotatable bonds is 4. The standard InChI is InChI=1S/C15H13N3O2S/c1-10-5-2-3-7-12(10)14(19)16-15-18-17-13(20-15)9-11-6-4-8-21-11/h2-8H,9H2,1H3,(H,16,18,19). The molecule has 21 heavy (non-hydrogen) atoms. The van der Waals surface area contributed by atoms with Gasteiger partial charge >= 0.3 is 6.01 Å². The average molecular weight is 299 g/mol.